The number of fused-ring (bicyclic) bond motifs is 1. The molecule has 5 aromatic rings. The van der Waals surface area contributed by atoms with Gasteiger partial charge in [-0.3, -0.25) is 14.5 Å². The highest BCUT2D eigenvalue weighted by Crippen LogP contribution is 2.33. The number of rotatable bonds is 8. The minimum absolute atomic E-state index is 0.116. The topological polar surface area (TPSA) is 106 Å². The van der Waals surface area contributed by atoms with Crippen LogP contribution in [0.5, 0.6) is 0 Å². The Kier molecular flexibility index (Phi) is 6.59. The number of carbonyl (C=O) groups is 2. The number of nitrogens with zero attached hydrogens (tertiary/aromatic N) is 4. The third-order valence-electron chi connectivity index (χ3n) is 6.36. The van der Waals surface area contributed by atoms with E-state index < -0.39 is 11.9 Å². The molecule has 9 heteroatoms. The van der Waals surface area contributed by atoms with Gasteiger partial charge in [-0.2, -0.15) is 0 Å². The molecule has 0 saturated carbocycles. The van der Waals surface area contributed by atoms with Gasteiger partial charge in [0, 0.05) is 5.69 Å². The second-order valence-corrected chi connectivity index (χ2v) is 8.87. The van der Waals surface area contributed by atoms with Crippen molar-refractivity contribution in [3.63, 3.8) is 0 Å². The molecule has 2 amide bonds. The van der Waals surface area contributed by atoms with Gasteiger partial charge in [0.05, 0.1) is 18.3 Å². The van der Waals surface area contributed by atoms with Gasteiger partial charge in [0.25, 0.3) is 5.91 Å². The molecule has 37 heavy (non-hydrogen) atoms. The molecule has 3 aromatic heterocycles. The van der Waals surface area contributed by atoms with Crippen LogP contribution in [0, 0.1) is 20.8 Å². The highest BCUT2D eigenvalue weighted by molar-refractivity contribution is 6.02. The van der Waals surface area contributed by atoms with Crippen LogP contribution < -0.4 is 10.2 Å². The van der Waals surface area contributed by atoms with Gasteiger partial charge in [0.1, 0.15) is 29.3 Å². The fraction of sp³-hybridized carbons (Fsp3) is 0.214. The summed E-state index contributed by atoms with van der Waals surface area (Å²) in [5.74, 6) is 0.850. The largest absolute Gasteiger partial charge is 0.467 e. The zero-order valence-corrected chi connectivity index (χ0v) is 20.8. The molecule has 1 atom stereocenters. The molecule has 0 bridgehead atoms. The maximum absolute atomic E-state index is 14.1. The lowest BCUT2D eigenvalue weighted by atomic mass is 10.0. The molecular weight excluding hydrogens is 470 g/mol. The summed E-state index contributed by atoms with van der Waals surface area (Å²) in [5.41, 5.74) is 3.90. The zero-order chi connectivity index (χ0) is 25.9. The van der Waals surface area contributed by atoms with E-state index >= 15 is 0 Å². The van der Waals surface area contributed by atoms with E-state index in [1.807, 2.05) is 56.3 Å². The molecular formula is C28H27N5O4. The third kappa shape index (κ3) is 4.88. The van der Waals surface area contributed by atoms with Gasteiger partial charge >= 0.3 is 0 Å². The first-order valence-electron chi connectivity index (χ1n) is 12.0. The van der Waals surface area contributed by atoms with Gasteiger partial charge in [-0.15, -0.1) is 5.10 Å². The maximum atomic E-state index is 14.1. The fourth-order valence-electron chi connectivity index (χ4n) is 4.31. The lowest BCUT2D eigenvalue weighted by Crippen LogP contribution is -2.45. The molecule has 2 aromatic carbocycles. The van der Waals surface area contributed by atoms with Crippen molar-refractivity contribution in [2.75, 3.05) is 4.90 Å². The van der Waals surface area contributed by atoms with Crippen LogP contribution in [0.2, 0.25) is 0 Å². The van der Waals surface area contributed by atoms with E-state index in [9.17, 15) is 9.59 Å². The Balaban J connectivity index is 1.58. The number of furan rings is 2. The Morgan fingerprint density at radius 2 is 1.84 bits per heavy atom. The molecule has 0 saturated heterocycles. The Morgan fingerprint density at radius 1 is 1.00 bits per heavy atom. The number of anilines is 1. The van der Waals surface area contributed by atoms with Crippen molar-refractivity contribution in [2.45, 2.75) is 39.9 Å². The number of carbonyl (C=O) groups excluding carboxylic acids is 2. The fourth-order valence-corrected chi connectivity index (χ4v) is 4.31. The molecule has 0 aliphatic heterocycles. The van der Waals surface area contributed by atoms with Crippen molar-refractivity contribution in [1.29, 1.82) is 0 Å². The number of para-hydroxylation sites is 1. The Hall–Kier alpha value is -4.66. The molecule has 0 radical (unpaired) electrons. The zero-order valence-electron chi connectivity index (χ0n) is 20.8. The Labute approximate surface area is 213 Å². The van der Waals surface area contributed by atoms with Gasteiger partial charge in [0.15, 0.2) is 6.04 Å². The predicted molar refractivity (Wildman–Crippen MR) is 138 cm³/mol. The molecule has 0 spiro atoms. The quantitative estimate of drug-likeness (QED) is 0.335. The summed E-state index contributed by atoms with van der Waals surface area (Å²) < 4.78 is 12.8. The smallest absolute Gasteiger partial charge is 0.251 e. The number of nitrogens with one attached hydrogen (secondary N) is 1. The number of benzene rings is 2. The van der Waals surface area contributed by atoms with Crippen LogP contribution >= 0.6 is 0 Å². The average molecular weight is 498 g/mol. The van der Waals surface area contributed by atoms with Crippen molar-refractivity contribution < 1.29 is 18.4 Å². The first-order valence-corrected chi connectivity index (χ1v) is 12.0. The SMILES string of the molecule is Cc1ccc(C(C(=O)NCc2ccco2)N(C(=O)Cn2nnc3ccccc32)c2cccc(C)c2C)o1. The summed E-state index contributed by atoms with van der Waals surface area (Å²) in [6.07, 6.45) is 1.54. The lowest BCUT2D eigenvalue weighted by Gasteiger charge is -2.31. The number of aromatic nitrogens is 3. The van der Waals surface area contributed by atoms with Gasteiger partial charge in [-0.25, -0.2) is 4.68 Å². The molecule has 188 valence electrons. The van der Waals surface area contributed by atoms with Crippen molar-refractivity contribution in [2.24, 2.45) is 0 Å². The molecule has 0 aliphatic carbocycles. The molecule has 1 N–H and O–H groups in total. The summed E-state index contributed by atoms with van der Waals surface area (Å²) in [7, 11) is 0. The van der Waals surface area contributed by atoms with Crippen LogP contribution in [0.15, 0.2) is 81.8 Å². The van der Waals surface area contributed by atoms with Crippen LogP contribution in [-0.4, -0.2) is 26.8 Å². The van der Waals surface area contributed by atoms with E-state index in [1.54, 1.807) is 42.1 Å². The van der Waals surface area contributed by atoms with Crippen molar-refractivity contribution in [3.8, 4) is 0 Å². The standard InChI is InChI=1S/C28H27N5O4/c1-18-8-6-12-23(20(18)3)33(26(34)17-32-24-11-5-4-10-22(24)30-31-32)27(25-14-13-19(2)37-25)28(35)29-16-21-9-7-15-36-21/h4-15,27H,16-17H2,1-3H3,(H,29,35). The van der Waals surface area contributed by atoms with E-state index in [0.717, 1.165) is 16.6 Å². The van der Waals surface area contributed by atoms with Crippen LogP contribution in [-0.2, 0) is 22.7 Å². The minimum atomic E-state index is -1.06. The Morgan fingerprint density at radius 3 is 2.59 bits per heavy atom. The number of amides is 2. The summed E-state index contributed by atoms with van der Waals surface area (Å²) in [5, 5.41) is 11.3. The monoisotopic (exact) mass is 497 g/mol. The third-order valence-corrected chi connectivity index (χ3v) is 6.36. The second-order valence-electron chi connectivity index (χ2n) is 8.87. The van der Waals surface area contributed by atoms with Crippen LogP contribution in [0.25, 0.3) is 11.0 Å². The van der Waals surface area contributed by atoms with Gasteiger partial charge < -0.3 is 14.2 Å². The van der Waals surface area contributed by atoms with E-state index in [1.165, 1.54) is 4.90 Å². The minimum Gasteiger partial charge on any atom is -0.467 e. The van der Waals surface area contributed by atoms with E-state index in [2.05, 4.69) is 15.6 Å². The van der Waals surface area contributed by atoms with Gasteiger partial charge in [-0.1, -0.05) is 29.5 Å². The predicted octanol–water partition coefficient (Wildman–Crippen LogP) is 4.63. The lowest BCUT2D eigenvalue weighted by molar-refractivity contribution is -0.127. The number of aryl methyl sites for hydroxylation is 2. The van der Waals surface area contributed by atoms with E-state index in [-0.39, 0.29) is 19.0 Å². The first-order chi connectivity index (χ1) is 17.9. The van der Waals surface area contributed by atoms with Gasteiger partial charge in [0.2, 0.25) is 5.91 Å². The molecule has 0 fully saturated rings. The molecule has 0 aliphatic rings. The summed E-state index contributed by atoms with van der Waals surface area (Å²) in [4.78, 5) is 29.3. The molecule has 3 heterocycles. The van der Waals surface area contributed by atoms with Crippen LogP contribution in [0.1, 0.15) is 34.4 Å². The summed E-state index contributed by atoms with van der Waals surface area (Å²) in [6.45, 7) is 5.75. The van der Waals surface area contributed by atoms with Crippen molar-refractivity contribution >= 4 is 28.5 Å². The molecule has 9 nitrogen and oxygen atoms in total. The first kappa shape index (κ1) is 24.1. The number of hydrogen-bond acceptors (Lipinski definition) is 6. The average Bonchev–Trinajstić information content (AvgIpc) is 3.65. The molecule has 1 unspecified atom stereocenters. The van der Waals surface area contributed by atoms with Crippen LogP contribution in [0.4, 0.5) is 5.69 Å². The normalized spacial score (nSPS) is 12.0. The van der Waals surface area contributed by atoms with E-state index in [4.69, 9.17) is 8.83 Å². The highest BCUT2D eigenvalue weighted by Gasteiger charge is 2.36. The number of hydrogen-bond donors (Lipinski definition) is 1. The second kappa shape index (κ2) is 10.1. The maximum Gasteiger partial charge on any atom is 0.251 e. The van der Waals surface area contributed by atoms with Crippen molar-refractivity contribution in [3.05, 3.63) is 101 Å². The van der Waals surface area contributed by atoms with Gasteiger partial charge in [-0.05, 0) is 74.4 Å². The van der Waals surface area contributed by atoms with Crippen molar-refractivity contribution in [1.82, 2.24) is 20.3 Å². The summed E-state index contributed by atoms with van der Waals surface area (Å²) in [6, 6.07) is 19.1. The van der Waals surface area contributed by atoms with E-state index in [0.29, 0.717) is 28.5 Å². The van der Waals surface area contributed by atoms with Crippen LogP contribution in [0.3, 0.4) is 0 Å². The molecule has 5 rings (SSSR count). The highest BCUT2D eigenvalue weighted by atomic mass is 16.3. The summed E-state index contributed by atoms with van der Waals surface area (Å²) >= 11 is 0. The Bertz CT molecular complexity index is 1550.